The maximum Gasteiger partial charge on any atom is 0.264 e. The van der Waals surface area contributed by atoms with Gasteiger partial charge in [-0.3, -0.25) is 0 Å². The number of rotatable bonds is 1. The number of terminal acetylenes is 1. The van der Waals surface area contributed by atoms with Gasteiger partial charge in [0.05, 0.1) is 5.56 Å². The van der Waals surface area contributed by atoms with Gasteiger partial charge in [-0.15, -0.1) is 6.42 Å². The average Bonchev–Trinajstić information content (AvgIpc) is 2.82. The van der Waals surface area contributed by atoms with E-state index in [9.17, 15) is 0 Å². The quantitative estimate of drug-likeness (QED) is 0.348. The van der Waals surface area contributed by atoms with Crippen LogP contribution in [0, 0.1) is 12.3 Å². The van der Waals surface area contributed by atoms with E-state index in [0.29, 0.717) is 0 Å². The van der Waals surface area contributed by atoms with Crippen molar-refractivity contribution in [2.24, 2.45) is 7.05 Å². The van der Waals surface area contributed by atoms with E-state index < -0.39 is 0 Å². The Balaban J connectivity index is 0.00000133. The van der Waals surface area contributed by atoms with Crippen molar-refractivity contribution in [1.82, 2.24) is 4.98 Å². The van der Waals surface area contributed by atoms with Gasteiger partial charge < -0.3 is 29.0 Å². The number of pyridine rings is 1. The third kappa shape index (κ3) is 2.24. The molecule has 3 rings (SSSR count). The molecule has 0 saturated carbocycles. The molecular weight excluding hydrogens is 347 g/mol. The van der Waals surface area contributed by atoms with Crippen LogP contribution in [0.2, 0.25) is 0 Å². The molecule has 1 aromatic carbocycles. The first kappa shape index (κ1) is 13.6. The Bertz CT molecular complexity index is 766. The number of nitrogens with one attached hydrogen (secondary N) is 1. The molecule has 0 unspecified atom stereocenters. The maximum absolute atomic E-state index is 5.62. The summed E-state index contributed by atoms with van der Waals surface area (Å²) in [5.41, 5.74) is 4.25. The lowest BCUT2D eigenvalue weighted by atomic mass is 10.0. The van der Waals surface area contributed by atoms with Crippen LogP contribution in [0.25, 0.3) is 22.0 Å². The van der Waals surface area contributed by atoms with Gasteiger partial charge in [-0.25, -0.2) is 0 Å². The van der Waals surface area contributed by atoms with E-state index in [1.54, 1.807) is 0 Å². The third-order valence-electron chi connectivity index (χ3n) is 3.20. The second-order valence-electron chi connectivity index (χ2n) is 4.27. The number of aromatic amines is 1. The highest BCUT2D eigenvalue weighted by Crippen LogP contribution is 2.29. The predicted molar refractivity (Wildman–Crippen MR) is 72.8 cm³/mol. The van der Waals surface area contributed by atoms with Gasteiger partial charge in [0, 0.05) is 28.7 Å². The zero-order valence-electron chi connectivity index (χ0n) is 10.5. The normalized spacial score (nSPS) is 9.89. The third-order valence-corrected chi connectivity index (χ3v) is 3.20. The number of aryl methyl sites for hydroxylation is 1. The van der Waals surface area contributed by atoms with E-state index in [1.807, 2.05) is 42.2 Å². The largest absolute Gasteiger partial charge is 1.00 e. The molecule has 0 amide bonds. The van der Waals surface area contributed by atoms with Crippen LogP contribution >= 0.6 is 0 Å². The van der Waals surface area contributed by atoms with Gasteiger partial charge in [0.2, 0.25) is 0 Å². The van der Waals surface area contributed by atoms with Crippen LogP contribution in [0.3, 0.4) is 0 Å². The van der Waals surface area contributed by atoms with E-state index in [1.165, 1.54) is 5.39 Å². The molecule has 0 radical (unpaired) electrons. The molecule has 19 heavy (non-hydrogen) atoms. The number of fused-ring (bicyclic) bond motifs is 1. The number of hydrogen-bond acceptors (Lipinski definition) is 0. The molecule has 2 nitrogen and oxygen atoms in total. The molecule has 0 saturated heterocycles. The second kappa shape index (κ2) is 5.45. The molecule has 0 atom stereocenters. The van der Waals surface area contributed by atoms with Gasteiger partial charge >= 0.3 is 0 Å². The SMILES string of the molecule is C#Cc1c(-c2c[nH]c3ccccc23)ccc[n+]1C.[I-]. The van der Waals surface area contributed by atoms with E-state index in [-0.39, 0.29) is 24.0 Å². The Morgan fingerprint density at radius 1 is 1.11 bits per heavy atom. The van der Waals surface area contributed by atoms with Gasteiger partial charge in [0.1, 0.15) is 7.05 Å². The van der Waals surface area contributed by atoms with E-state index in [2.05, 4.69) is 29.1 Å². The molecule has 0 aliphatic heterocycles. The summed E-state index contributed by atoms with van der Waals surface area (Å²) in [7, 11) is 1.97. The molecule has 3 aromatic rings. The Morgan fingerprint density at radius 2 is 1.89 bits per heavy atom. The van der Waals surface area contributed by atoms with Crippen LogP contribution < -0.4 is 28.5 Å². The number of nitrogens with zero attached hydrogens (tertiary/aromatic N) is 1. The van der Waals surface area contributed by atoms with Crippen molar-refractivity contribution in [1.29, 1.82) is 0 Å². The fourth-order valence-electron chi connectivity index (χ4n) is 2.30. The van der Waals surface area contributed by atoms with Gasteiger partial charge in [0.15, 0.2) is 6.20 Å². The van der Waals surface area contributed by atoms with Crippen LogP contribution in [0.5, 0.6) is 0 Å². The number of H-pyrrole nitrogens is 1. The number of para-hydroxylation sites is 1. The molecule has 0 bridgehead atoms. The molecule has 3 heteroatoms. The molecule has 0 spiro atoms. The summed E-state index contributed by atoms with van der Waals surface area (Å²) in [6, 6.07) is 12.3. The monoisotopic (exact) mass is 360 g/mol. The summed E-state index contributed by atoms with van der Waals surface area (Å²) in [5.74, 6) is 2.77. The molecule has 2 heterocycles. The van der Waals surface area contributed by atoms with Crippen LogP contribution in [0.15, 0.2) is 48.8 Å². The number of aromatic nitrogens is 2. The van der Waals surface area contributed by atoms with E-state index in [0.717, 1.165) is 22.3 Å². The second-order valence-corrected chi connectivity index (χ2v) is 4.27. The van der Waals surface area contributed by atoms with Gasteiger partial charge in [-0.2, -0.15) is 4.57 Å². The molecular formula is C16H13IN2. The average molecular weight is 360 g/mol. The highest BCUT2D eigenvalue weighted by Gasteiger charge is 2.15. The summed E-state index contributed by atoms with van der Waals surface area (Å²) >= 11 is 0. The van der Waals surface area contributed by atoms with Crippen molar-refractivity contribution >= 4 is 10.9 Å². The van der Waals surface area contributed by atoms with Crippen molar-refractivity contribution in [3.8, 4) is 23.5 Å². The lowest BCUT2D eigenvalue weighted by molar-refractivity contribution is -0.673. The summed E-state index contributed by atoms with van der Waals surface area (Å²) in [6.45, 7) is 0. The highest BCUT2D eigenvalue weighted by molar-refractivity contribution is 5.96. The lowest BCUT2D eigenvalue weighted by Crippen LogP contribution is -3.00. The number of hydrogen-bond donors (Lipinski definition) is 1. The number of benzene rings is 1. The Kier molecular flexibility index (Phi) is 3.91. The summed E-state index contributed by atoms with van der Waals surface area (Å²) in [6.07, 6.45) is 9.60. The first-order valence-electron chi connectivity index (χ1n) is 5.83. The Hall–Kier alpha value is -1.80. The van der Waals surface area contributed by atoms with Crippen molar-refractivity contribution < 1.29 is 28.5 Å². The Labute approximate surface area is 129 Å². The lowest BCUT2D eigenvalue weighted by Gasteiger charge is -2.01. The zero-order chi connectivity index (χ0) is 12.5. The summed E-state index contributed by atoms with van der Waals surface area (Å²) < 4.78 is 1.97. The fourth-order valence-corrected chi connectivity index (χ4v) is 2.30. The van der Waals surface area contributed by atoms with Crippen LogP contribution in [0.1, 0.15) is 5.69 Å². The minimum Gasteiger partial charge on any atom is -1.00 e. The molecule has 2 aromatic heterocycles. The highest BCUT2D eigenvalue weighted by atomic mass is 127. The van der Waals surface area contributed by atoms with Crippen LogP contribution in [-0.4, -0.2) is 4.98 Å². The maximum atomic E-state index is 5.62. The van der Waals surface area contributed by atoms with E-state index in [4.69, 9.17) is 6.42 Å². The Morgan fingerprint density at radius 3 is 2.68 bits per heavy atom. The van der Waals surface area contributed by atoms with Crippen molar-refractivity contribution in [2.45, 2.75) is 0 Å². The summed E-state index contributed by atoms with van der Waals surface area (Å²) in [4.78, 5) is 3.28. The smallest absolute Gasteiger partial charge is 0.264 e. The topological polar surface area (TPSA) is 19.7 Å². The summed E-state index contributed by atoms with van der Waals surface area (Å²) in [5, 5.41) is 1.19. The van der Waals surface area contributed by atoms with Crippen LogP contribution in [-0.2, 0) is 7.05 Å². The number of halogens is 1. The van der Waals surface area contributed by atoms with Crippen molar-refractivity contribution in [3.05, 3.63) is 54.5 Å². The van der Waals surface area contributed by atoms with Gasteiger partial charge in [0.25, 0.3) is 5.69 Å². The molecule has 0 fully saturated rings. The van der Waals surface area contributed by atoms with Crippen molar-refractivity contribution in [2.75, 3.05) is 0 Å². The van der Waals surface area contributed by atoms with Crippen molar-refractivity contribution in [3.63, 3.8) is 0 Å². The minimum absolute atomic E-state index is 0. The first-order chi connectivity index (χ1) is 8.81. The molecule has 1 N–H and O–H groups in total. The molecule has 0 aliphatic carbocycles. The van der Waals surface area contributed by atoms with E-state index >= 15 is 0 Å². The first-order valence-corrected chi connectivity index (χ1v) is 5.83. The zero-order valence-corrected chi connectivity index (χ0v) is 12.7. The molecule has 94 valence electrons. The van der Waals surface area contributed by atoms with Gasteiger partial charge in [-0.1, -0.05) is 18.2 Å². The fraction of sp³-hybridized carbons (Fsp3) is 0.0625. The van der Waals surface area contributed by atoms with Crippen LogP contribution in [0.4, 0.5) is 0 Å². The minimum atomic E-state index is 0. The molecule has 0 aliphatic rings. The standard InChI is InChI=1S/C16H13N2.HI/c1-3-16-13(8-6-10-18(16)2)14-11-17-15-9-5-4-7-12(14)15;/h1,4-11,17H,2H3;1H/q+1;/p-1. The van der Waals surface area contributed by atoms with Gasteiger partial charge in [-0.05, 0) is 18.1 Å². The predicted octanol–water partition coefficient (Wildman–Crippen LogP) is -0.355.